The fourth-order valence-electron chi connectivity index (χ4n) is 2.30. The minimum Gasteiger partial charge on any atom is -0.378 e. The molecule has 0 atom stereocenters. The quantitative estimate of drug-likeness (QED) is 0.753. The summed E-state index contributed by atoms with van der Waals surface area (Å²) < 4.78 is 31.7. The molecule has 0 radical (unpaired) electrons. The second kappa shape index (κ2) is 5.57. The van der Waals surface area contributed by atoms with E-state index >= 15 is 0 Å². The lowest BCUT2D eigenvalue weighted by Gasteiger charge is -2.34. The molecule has 2 rings (SSSR count). The summed E-state index contributed by atoms with van der Waals surface area (Å²) >= 11 is 0. The molecule has 1 aromatic rings. The van der Waals surface area contributed by atoms with Crippen LogP contribution in [0.4, 0.5) is 8.78 Å². The fraction of sp³-hybridized carbons (Fsp3) is 0.500. The lowest BCUT2D eigenvalue weighted by atomic mass is 9.78. The topological polar surface area (TPSA) is 26.3 Å². The molecule has 0 spiro atoms. The van der Waals surface area contributed by atoms with E-state index in [0.29, 0.717) is 6.61 Å². The van der Waals surface area contributed by atoms with Crippen molar-refractivity contribution in [3.8, 4) is 0 Å². The zero-order chi connectivity index (χ0) is 13.1. The minimum absolute atomic E-state index is 0.144. The lowest BCUT2D eigenvalue weighted by molar-refractivity contribution is -0.0246. The van der Waals surface area contributed by atoms with Crippen LogP contribution in [-0.2, 0) is 4.74 Å². The van der Waals surface area contributed by atoms with E-state index in [-0.39, 0.29) is 29.8 Å². The molecule has 18 heavy (non-hydrogen) atoms. The van der Waals surface area contributed by atoms with E-state index in [9.17, 15) is 13.6 Å². The predicted molar refractivity (Wildman–Crippen MR) is 63.4 cm³/mol. The summed E-state index contributed by atoms with van der Waals surface area (Å²) in [5.41, 5.74) is -0.144. The van der Waals surface area contributed by atoms with Crippen LogP contribution in [0.2, 0.25) is 0 Å². The van der Waals surface area contributed by atoms with Gasteiger partial charge in [0.15, 0.2) is 5.78 Å². The Kier molecular flexibility index (Phi) is 4.07. The predicted octanol–water partition coefficient (Wildman–Crippen LogP) is 3.35. The number of Topliss-reactive ketones (excluding diaryl/α,β-unsaturated/α-hetero) is 1. The highest BCUT2D eigenvalue weighted by Crippen LogP contribution is 2.33. The van der Waals surface area contributed by atoms with Crippen LogP contribution in [0.15, 0.2) is 18.2 Å². The number of halogens is 2. The van der Waals surface area contributed by atoms with E-state index < -0.39 is 11.6 Å². The largest absolute Gasteiger partial charge is 0.378 e. The first-order chi connectivity index (χ1) is 8.60. The van der Waals surface area contributed by atoms with Crippen molar-refractivity contribution in [1.29, 1.82) is 0 Å². The van der Waals surface area contributed by atoms with Crippen molar-refractivity contribution in [3.63, 3.8) is 0 Å². The zero-order valence-corrected chi connectivity index (χ0v) is 10.3. The summed E-state index contributed by atoms with van der Waals surface area (Å²) in [5, 5.41) is 0. The van der Waals surface area contributed by atoms with Crippen molar-refractivity contribution >= 4 is 5.78 Å². The SMILES string of the molecule is CCOC1CC(CC(=O)c2cc(F)ccc2F)C1. The highest BCUT2D eigenvalue weighted by atomic mass is 19.1. The highest BCUT2D eigenvalue weighted by Gasteiger charge is 2.31. The first kappa shape index (κ1) is 13.1. The Morgan fingerprint density at radius 1 is 1.39 bits per heavy atom. The molecular formula is C14H16F2O2. The van der Waals surface area contributed by atoms with Crippen LogP contribution < -0.4 is 0 Å². The third kappa shape index (κ3) is 2.93. The van der Waals surface area contributed by atoms with Gasteiger partial charge in [0.1, 0.15) is 11.6 Å². The molecule has 0 bridgehead atoms. The maximum atomic E-state index is 13.4. The first-order valence-corrected chi connectivity index (χ1v) is 6.20. The maximum Gasteiger partial charge on any atom is 0.166 e. The van der Waals surface area contributed by atoms with Crippen LogP contribution in [-0.4, -0.2) is 18.5 Å². The van der Waals surface area contributed by atoms with Gasteiger partial charge in [0.2, 0.25) is 0 Å². The average Bonchev–Trinajstić information content (AvgIpc) is 2.29. The van der Waals surface area contributed by atoms with Gasteiger partial charge in [0, 0.05) is 13.0 Å². The minimum atomic E-state index is -0.651. The van der Waals surface area contributed by atoms with Gasteiger partial charge in [-0.3, -0.25) is 4.79 Å². The van der Waals surface area contributed by atoms with Gasteiger partial charge in [-0.2, -0.15) is 0 Å². The third-order valence-corrected chi connectivity index (χ3v) is 3.30. The van der Waals surface area contributed by atoms with Gasteiger partial charge in [0.05, 0.1) is 11.7 Å². The summed E-state index contributed by atoms with van der Waals surface area (Å²) in [7, 11) is 0. The van der Waals surface area contributed by atoms with Crippen LogP contribution in [0.1, 0.15) is 36.5 Å². The van der Waals surface area contributed by atoms with Crippen molar-refractivity contribution in [2.24, 2.45) is 5.92 Å². The summed E-state index contributed by atoms with van der Waals surface area (Å²) in [6, 6.07) is 2.98. The van der Waals surface area contributed by atoms with Crippen molar-refractivity contribution in [1.82, 2.24) is 0 Å². The Balaban J connectivity index is 1.91. The number of ether oxygens (including phenoxy) is 1. The third-order valence-electron chi connectivity index (χ3n) is 3.30. The molecule has 1 saturated carbocycles. The van der Waals surface area contributed by atoms with Crippen molar-refractivity contribution in [3.05, 3.63) is 35.4 Å². The van der Waals surface area contributed by atoms with Crippen LogP contribution in [0.3, 0.4) is 0 Å². The molecular weight excluding hydrogens is 238 g/mol. The molecule has 0 heterocycles. The molecule has 0 aromatic heterocycles. The molecule has 1 fully saturated rings. The Bertz CT molecular complexity index is 439. The number of ketones is 1. The lowest BCUT2D eigenvalue weighted by Crippen LogP contribution is -2.32. The number of carbonyl (C=O) groups excluding carboxylic acids is 1. The van der Waals surface area contributed by atoms with Crippen LogP contribution in [0.25, 0.3) is 0 Å². The van der Waals surface area contributed by atoms with E-state index in [2.05, 4.69) is 0 Å². The second-order valence-corrected chi connectivity index (χ2v) is 4.67. The van der Waals surface area contributed by atoms with Gasteiger partial charge >= 0.3 is 0 Å². The number of rotatable bonds is 5. The molecule has 0 N–H and O–H groups in total. The molecule has 1 aromatic carbocycles. The van der Waals surface area contributed by atoms with Gasteiger partial charge < -0.3 is 4.74 Å². The van der Waals surface area contributed by atoms with Gasteiger partial charge in [-0.1, -0.05) is 0 Å². The maximum absolute atomic E-state index is 13.4. The standard InChI is InChI=1S/C14H16F2O2/c1-2-18-11-5-9(6-11)7-14(17)12-8-10(15)3-4-13(12)16/h3-4,8-9,11H,2,5-7H2,1H3. The summed E-state index contributed by atoms with van der Waals surface area (Å²) in [4.78, 5) is 11.8. The van der Waals surface area contributed by atoms with E-state index in [4.69, 9.17) is 4.74 Å². The van der Waals surface area contributed by atoms with Gasteiger partial charge in [-0.05, 0) is 43.9 Å². The van der Waals surface area contributed by atoms with Crippen molar-refractivity contribution in [2.45, 2.75) is 32.3 Å². The molecule has 0 unspecified atom stereocenters. The zero-order valence-electron chi connectivity index (χ0n) is 10.3. The Morgan fingerprint density at radius 3 is 2.78 bits per heavy atom. The second-order valence-electron chi connectivity index (χ2n) is 4.67. The Morgan fingerprint density at radius 2 is 2.11 bits per heavy atom. The molecule has 1 aliphatic carbocycles. The van der Waals surface area contributed by atoms with Crippen LogP contribution in [0.5, 0.6) is 0 Å². The number of carbonyl (C=O) groups is 1. The highest BCUT2D eigenvalue weighted by molar-refractivity contribution is 5.96. The molecule has 0 amide bonds. The average molecular weight is 254 g/mol. The van der Waals surface area contributed by atoms with Crippen molar-refractivity contribution < 1.29 is 18.3 Å². The van der Waals surface area contributed by atoms with E-state index in [1.165, 1.54) is 0 Å². The fourth-order valence-corrected chi connectivity index (χ4v) is 2.30. The van der Waals surface area contributed by atoms with E-state index in [0.717, 1.165) is 31.0 Å². The first-order valence-electron chi connectivity index (χ1n) is 6.20. The van der Waals surface area contributed by atoms with Gasteiger partial charge in [-0.25, -0.2) is 8.78 Å². The number of benzene rings is 1. The number of hydrogen-bond donors (Lipinski definition) is 0. The summed E-state index contributed by atoms with van der Waals surface area (Å²) in [6.07, 6.45) is 2.15. The summed E-state index contributed by atoms with van der Waals surface area (Å²) in [5.74, 6) is -1.33. The Labute approximate surface area is 105 Å². The molecule has 2 nitrogen and oxygen atoms in total. The van der Waals surface area contributed by atoms with Crippen LogP contribution in [0, 0.1) is 17.6 Å². The molecule has 4 heteroatoms. The molecule has 98 valence electrons. The van der Waals surface area contributed by atoms with E-state index in [1.807, 2.05) is 6.92 Å². The summed E-state index contributed by atoms with van der Waals surface area (Å²) in [6.45, 7) is 2.60. The molecule has 0 saturated heterocycles. The Hall–Kier alpha value is -1.29. The molecule has 1 aliphatic rings. The normalized spacial score (nSPS) is 22.6. The van der Waals surface area contributed by atoms with Crippen LogP contribution >= 0.6 is 0 Å². The molecule has 0 aliphatic heterocycles. The smallest absolute Gasteiger partial charge is 0.166 e. The van der Waals surface area contributed by atoms with E-state index in [1.54, 1.807) is 0 Å². The van der Waals surface area contributed by atoms with Crippen molar-refractivity contribution in [2.75, 3.05) is 6.61 Å². The van der Waals surface area contributed by atoms with Gasteiger partial charge in [0.25, 0.3) is 0 Å². The van der Waals surface area contributed by atoms with Gasteiger partial charge in [-0.15, -0.1) is 0 Å². The monoisotopic (exact) mass is 254 g/mol. The number of hydrogen-bond acceptors (Lipinski definition) is 2.